The Balaban J connectivity index is 1.38. The van der Waals surface area contributed by atoms with E-state index >= 15 is 8.78 Å². The van der Waals surface area contributed by atoms with Crippen molar-refractivity contribution < 1.29 is 51.4 Å². The minimum absolute atomic E-state index is 0.00491. The zero-order chi connectivity index (χ0) is 28.3. The summed E-state index contributed by atoms with van der Waals surface area (Å²) in [5, 5.41) is 15.4. The maximum atomic E-state index is 15.1. The number of anilines is 3. The first-order valence-corrected chi connectivity index (χ1v) is 12.1. The van der Waals surface area contributed by atoms with Gasteiger partial charge in [-0.1, -0.05) is 0 Å². The van der Waals surface area contributed by atoms with Gasteiger partial charge >= 0.3 is 24.5 Å². The van der Waals surface area contributed by atoms with Crippen LogP contribution in [0.5, 0.6) is 0 Å². The van der Waals surface area contributed by atoms with Crippen molar-refractivity contribution in [3.63, 3.8) is 0 Å². The Morgan fingerprint density at radius 3 is 2.54 bits per heavy atom. The quantitative estimate of drug-likeness (QED) is 0.421. The monoisotopic (exact) mass is 576 g/mol. The maximum Gasteiger partial charge on any atom is 0.414 e. The van der Waals surface area contributed by atoms with Crippen molar-refractivity contribution in [1.82, 2.24) is 15.4 Å². The summed E-state index contributed by atoms with van der Waals surface area (Å²) in [6, 6.07) is 1.04. The number of carboxylic acid groups (broad SMARTS) is 1. The predicted octanol–water partition coefficient (Wildman–Crippen LogP) is 2.11. The molecule has 1 aromatic carbocycles. The molecular formula is C21H20F4N6O7S. The first-order valence-electron chi connectivity index (χ1n) is 11.2. The number of carbonyl (C=O) groups is 4. The molecule has 1 unspecified atom stereocenters. The van der Waals surface area contributed by atoms with Gasteiger partial charge in [-0.3, -0.25) is 19.8 Å². The molecule has 2 fully saturated rings. The number of nitrogens with one attached hydrogen (secondary N) is 2. The normalized spacial score (nSPS) is 17.7. The average Bonchev–Trinajstić information content (AvgIpc) is 3.41. The van der Waals surface area contributed by atoms with Crippen LogP contribution in [0.25, 0.3) is 0 Å². The molecule has 2 aromatic rings. The molecule has 13 nitrogen and oxygen atoms in total. The van der Waals surface area contributed by atoms with Crippen molar-refractivity contribution >= 4 is 51.8 Å². The number of halogens is 4. The van der Waals surface area contributed by atoms with E-state index < -0.39 is 60.4 Å². The van der Waals surface area contributed by atoms with Crippen LogP contribution in [-0.2, 0) is 14.4 Å². The van der Waals surface area contributed by atoms with Crippen molar-refractivity contribution in [3.05, 3.63) is 34.8 Å². The van der Waals surface area contributed by atoms with Gasteiger partial charge in [0.2, 0.25) is 0 Å². The summed E-state index contributed by atoms with van der Waals surface area (Å²) in [7, 11) is 0. The summed E-state index contributed by atoms with van der Waals surface area (Å²) >= 11 is 0.893. The standard InChI is InChI=1S/C21H20F4N6O7S/c22-12-5-10(30-8-11(38-21(30)36)7-26-17(32)16(24)25)6-13(23)15(12)29-1-2-31(37-4-3-29)20(35)28-19-27-14(9-39-19)18(33)34/h5-6,9,11,16H,1-4,7-8H2,(H,26,32)(H,33,34)(H,27,28,35). The van der Waals surface area contributed by atoms with Crippen LogP contribution in [0, 0.1) is 11.6 Å². The fourth-order valence-corrected chi connectivity index (χ4v) is 4.43. The minimum atomic E-state index is -3.25. The second kappa shape index (κ2) is 11.7. The Morgan fingerprint density at radius 2 is 1.90 bits per heavy atom. The number of carboxylic acids is 1. The minimum Gasteiger partial charge on any atom is -0.476 e. The van der Waals surface area contributed by atoms with Crippen LogP contribution in [0.15, 0.2) is 17.5 Å². The van der Waals surface area contributed by atoms with Gasteiger partial charge in [0.05, 0.1) is 31.9 Å². The van der Waals surface area contributed by atoms with Gasteiger partial charge in [0.1, 0.15) is 11.8 Å². The van der Waals surface area contributed by atoms with E-state index in [0.29, 0.717) is 0 Å². The highest BCUT2D eigenvalue weighted by atomic mass is 32.1. The van der Waals surface area contributed by atoms with Crippen molar-refractivity contribution in [2.24, 2.45) is 0 Å². The van der Waals surface area contributed by atoms with Crippen LogP contribution in [0.3, 0.4) is 0 Å². The van der Waals surface area contributed by atoms with E-state index in [-0.39, 0.29) is 49.3 Å². The summed E-state index contributed by atoms with van der Waals surface area (Å²) < 4.78 is 59.8. The molecule has 210 valence electrons. The molecule has 4 amide bonds. The van der Waals surface area contributed by atoms with Gasteiger partial charge < -0.3 is 20.1 Å². The van der Waals surface area contributed by atoms with E-state index in [4.69, 9.17) is 14.7 Å². The molecule has 0 radical (unpaired) electrons. The molecule has 0 saturated carbocycles. The summed E-state index contributed by atoms with van der Waals surface area (Å²) in [5.74, 6) is -4.84. The molecule has 2 aliphatic rings. The van der Waals surface area contributed by atoms with Crippen LogP contribution in [-0.4, -0.2) is 91.0 Å². The number of thiazole rings is 1. The highest BCUT2D eigenvalue weighted by molar-refractivity contribution is 7.14. The maximum absolute atomic E-state index is 15.1. The first-order chi connectivity index (χ1) is 18.5. The molecule has 2 aliphatic heterocycles. The van der Waals surface area contributed by atoms with Crippen LogP contribution in [0.4, 0.5) is 43.7 Å². The van der Waals surface area contributed by atoms with Crippen LogP contribution in [0.1, 0.15) is 10.5 Å². The number of aromatic nitrogens is 1. The highest BCUT2D eigenvalue weighted by Crippen LogP contribution is 2.31. The first kappa shape index (κ1) is 27.8. The molecule has 0 aliphatic carbocycles. The van der Waals surface area contributed by atoms with Gasteiger partial charge in [0.25, 0.3) is 5.91 Å². The molecule has 18 heteroatoms. The number of amides is 4. The van der Waals surface area contributed by atoms with E-state index in [1.807, 2.05) is 5.32 Å². The Kier molecular flexibility index (Phi) is 8.34. The number of cyclic esters (lactones) is 1. The third kappa shape index (κ3) is 6.45. The number of hydrogen-bond acceptors (Lipinski definition) is 9. The van der Waals surface area contributed by atoms with E-state index in [1.165, 1.54) is 10.3 Å². The van der Waals surface area contributed by atoms with Crippen LogP contribution in [0.2, 0.25) is 0 Å². The van der Waals surface area contributed by atoms with Gasteiger partial charge in [-0.15, -0.1) is 11.3 Å². The van der Waals surface area contributed by atoms with Gasteiger partial charge in [-0.25, -0.2) is 33.2 Å². The van der Waals surface area contributed by atoms with Crippen LogP contribution >= 0.6 is 11.3 Å². The highest BCUT2D eigenvalue weighted by Gasteiger charge is 2.34. The molecule has 1 atom stereocenters. The summed E-state index contributed by atoms with van der Waals surface area (Å²) in [6.45, 7) is -0.943. The molecule has 0 bridgehead atoms. The number of rotatable bonds is 7. The lowest BCUT2D eigenvalue weighted by molar-refractivity contribution is -0.132. The number of nitrogens with zero attached hydrogens (tertiary/aromatic N) is 4. The molecular weight excluding hydrogens is 556 g/mol. The Labute approximate surface area is 220 Å². The number of carbonyl (C=O) groups excluding carboxylic acids is 3. The Bertz CT molecular complexity index is 1260. The largest absolute Gasteiger partial charge is 0.476 e. The topological polar surface area (TPSA) is 154 Å². The SMILES string of the molecule is O=C(O)c1csc(NC(=O)N2CCN(c3c(F)cc(N4CC(CNC(=O)C(F)F)OC4=O)cc3F)CCO2)n1. The molecule has 3 N–H and O–H groups in total. The third-order valence-electron chi connectivity index (χ3n) is 5.55. The van der Waals surface area contributed by atoms with Crippen molar-refractivity contribution in [2.75, 3.05) is 54.4 Å². The number of benzene rings is 1. The van der Waals surface area contributed by atoms with Gasteiger partial charge in [-0.05, 0) is 0 Å². The number of hydrogen-bond donors (Lipinski definition) is 3. The van der Waals surface area contributed by atoms with E-state index in [0.717, 1.165) is 33.4 Å². The van der Waals surface area contributed by atoms with Gasteiger partial charge in [0, 0.05) is 30.6 Å². The summed E-state index contributed by atoms with van der Waals surface area (Å²) in [5.41, 5.74) is -0.856. The molecule has 4 rings (SSSR count). The predicted molar refractivity (Wildman–Crippen MR) is 126 cm³/mol. The Morgan fingerprint density at radius 1 is 1.18 bits per heavy atom. The second-order valence-corrected chi connectivity index (χ2v) is 8.97. The summed E-state index contributed by atoms with van der Waals surface area (Å²) in [6.07, 6.45) is -5.23. The smallest absolute Gasteiger partial charge is 0.414 e. The number of hydroxylamine groups is 2. The number of ether oxygens (including phenoxy) is 1. The van der Waals surface area contributed by atoms with E-state index in [9.17, 15) is 28.0 Å². The average molecular weight is 576 g/mol. The Hall–Kier alpha value is -4.19. The van der Waals surface area contributed by atoms with Crippen molar-refractivity contribution in [2.45, 2.75) is 12.5 Å². The van der Waals surface area contributed by atoms with Gasteiger partial charge in [0.15, 0.2) is 22.5 Å². The molecule has 1 aromatic heterocycles. The third-order valence-corrected chi connectivity index (χ3v) is 6.31. The zero-order valence-corrected chi connectivity index (χ0v) is 20.6. The number of alkyl halides is 2. The lowest BCUT2D eigenvalue weighted by Crippen LogP contribution is -2.37. The van der Waals surface area contributed by atoms with Gasteiger partial charge in [-0.2, -0.15) is 8.78 Å². The molecule has 39 heavy (non-hydrogen) atoms. The van der Waals surface area contributed by atoms with Crippen LogP contribution < -0.4 is 20.4 Å². The number of aromatic carboxylic acids is 1. The number of urea groups is 1. The lowest BCUT2D eigenvalue weighted by Gasteiger charge is -2.24. The second-order valence-electron chi connectivity index (χ2n) is 8.12. The molecule has 3 heterocycles. The fourth-order valence-electron chi connectivity index (χ4n) is 3.76. The fraction of sp³-hybridized carbons (Fsp3) is 0.381. The van der Waals surface area contributed by atoms with E-state index in [2.05, 4.69) is 10.3 Å². The molecule has 2 saturated heterocycles. The van der Waals surface area contributed by atoms with Crippen molar-refractivity contribution in [1.29, 1.82) is 0 Å². The van der Waals surface area contributed by atoms with E-state index in [1.54, 1.807) is 0 Å². The summed E-state index contributed by atoms with van der Waals surface area (Å²) in [4.78, 5) is 57.9. The lowest BCUT2D eigenvalue weighted by atomic mass is 10.2. The molecule has 0 spiro atoms. The zero-order valence-electron chi connectivity index (χ0n) is 19.7. The van der Waals surface area contributed by atoms with Crippen molar-refractivity contribution in [3.8, 4) is 0 Å².